The summed E-state index contributed by atoms with van der Waals surface area (Å²) in [6, 6.07) is 9.16. The first-order valence-electron chi connectivity index (χ1n) is 10.3. The van der Waals surface area contributed by atoms with Gasteiger partial charge in [0.2, 0.25) is 0 Å². The minimum Gasteiger partial charge on any atom is -0.346 e. The summed E-state index contributed by atoms with van der Waals surface area (Å²) in [6.45, 7) is 2.48. The SMILES string of the molecule is CC1c2cc(F)ccc2-c2nccn2Cc2nn(C)c(C#N)c2-c2cnc3[nH]cc1c3c2. The molecule has 5 aromatic rings. The Kier molecular flexibility index (Phi) is 3.83. The van der Waals surface area contributed by atoms with Crippen LogP contribution in [-0.4, -0.2) is 29.3 Å². The molecule has 0 fully saturated rings. The van der Waals surface area contributed by atoms with Crippen LogP contribution in [0.3, 0.4) is 0 Å². The molecule has 4 aromatic heterocycles. The van der Waals surface area contributed by atoms with E-state index < -0.39 is 0 Å². The predicted octanol–water partition coefficient (Wildman–Crippen LogP) is 4.35. The molecule has 0 radical (unpaired) electrons. The number of fused-ring (bicyclic) bond motifs is 6. The monoisotopic (exact) mass is 423 g/mol. The van der Waals surface area contributed by atoms with Gasteiger partial charge >= 0.3 is 0 Å². The number of nitriles is 1. The molecule has 1 aliphatic heterocycles. The van der Waals surface area contributed by atoms with Crippen LogP contribution in [0.25, 0.3) is 33.5 Å². The largest absolute Gasteiger partial charge is 0.346 e. The summed E-state index contributed by atoms with van der Waals surface area (Å²) in [7, 11) is 1.77. The Morgan fingerprint density at radius 2 is 2.09 bits per heavy atom. The molecule has 1 aromatic carbocycles. The quantitative estimate of drug-likeness (QED) is 0.401. The van der Waals surface area contributed by atoms with Crippen LogP contribution in [0.15, 0.2) is 49.1 Å². The number of nitrogens with zero attached hydrogens (tertiary/aromatic N) is 6. The minimum atomic E-state index is -0.287. The Bertz CT molecular complexity index is 1560. The van der Waals surface area contributed by atoms with Gasteiger partial charge in [0.1, 0.15) is 29.1 Å². The van der Waals surface area contributed by atoms with Gasteiger partial charge in [0, 0.05) is 59.8 Å². The number of halogens is 1. The standard InChI is InChI=1S/C24H18FN7/c1-13-17-8-15(25)3-4-16(17)24-27-5-6-32(24)12-20-22(21(9-26)31(2)30-20)14-7-18-19(13)11-29-23(18)28-10-14/h3-8,10-11,13H,12H2,1-2H3,(H,28,29). The van der Waals surface area contributed by atoms with Gasteiger partial charge in [-0.05, 0) is 35.4 Å². The second kappa shape index (κ2) is 6.62. The third kappa shape index (κ3) is 2.54. The van der Waals surface area contributed by atoms with E-state index in [-0.39, 0.29) is 11.7 Å². The molecule has 8 heteroatoms. The summed E-state index contributed by atoms with van der Waals surface area (Å²) in [6.07, 6.45) is 7.31. The van der Waals surface area contributed by atoms with Crippen molar-refractivity contribution in [3.63, 3.8) is 0 Å². The molecule has 0 amide bonds. The van der Waals surface area contributed by atoms with E-state index in [9.17, 15) is 9.65 Å². The van der Waals surface area contributed by atoms with Crippen molar-refractivity contribution >= 4 is 11.0 Å². The number of aryl methyl sites for hydroxylation is 1. The first-order valence-corrected chi connectivity index (χ1v) is 10.3. The summed E-state index contributed by atoms with van der Waals surface area (Å²) < 4.78 is 17.9. The average Bonchev–Trinajstić information content (AvgIpc) is 3.49. The zero-order valence-electron chi connectivity index (χ0n) is 17.5. The molecule has 1 atom stereocenters. The molecule has 7 nitrogen and oxygen atoms in total. The maximum atomic E-state index is 14.4. The van der Waals surface area contributed by atoms with E-state index in [0.29, 0.717) is 12.2 Å². The molecular formula is C24H18FN7. The topological polar surface area (TPSA) is 88.1 Å². The van der Waals surface area contributed by atoms with Gasteiger partial charge in [-0.1, -0.05) is 6.92 Å². The van der Waals surface area contributed by atoms with Gasteiger partial charge in [-0.25, -0.2) is 14.4 Å². The van der Waals surface area contributed by atoms with Crippen LogP contribution in [0.4, 0.5) is 4.39 Å². The van der Waals surface area contributed by atoms with Gasteiger partial charge < -0.3 is 9.55 Å². The molecule has 156 valence electrons. The normalized spacial score (nSPS) is 14.9. The van der Waals surface area contributed by atoms with Crippen LogP contribution in [0.2, 0.25) is 0 Å². The Labute approximate surface area is 182 Å². The van der Waals surface area contributed by atoms with Crippen molar-refractivity contribution in [2.75, 3.05) is 0 Å². The number of benzene rings is 1. The Morgan fingerprint density at radius 3 is 2.94 bits per heavy atom. The molecule has 0 saturated heterocycles. The number of hydrogen-bond donors (Lipinski definition) is 1. The fourth-order valence-electron chi connectivity index (χ4n) is 4.75. The average molecular weight is 423 g/mol. The van der Waals surface area contributed by atoms with E-state index in [1.165, 1.54) is 6.07 Å². The molecular weight excluding hydrogens is 405 g/mol. The molecule has 0 aliphatic carbocycles. The highest BCUT2D eigenvalue weighted by Crippen LogP contribution is 2.39. The Balaban J connectivity index is 1.74. The van der Waals surface area contributed by atoms with Crippen LogP contribution in [0.1, 0.15) is 35.4 Å². The number of imidazole rings is 1. The van der Waals surface area contributed by atoms with Crippen molar-refractivity contribution in [1.82, 2.24) is 29.3 Å². The summed E-state index contributed by atoms with van der Waals surface area (Å²) in [5.74, 6) is 0.334. The molecule has 1 aliphatic rings. The molecule has 32 heavy (non-hydrogen) atoms. The van der Waals surface area contributed by atoms with E-state index >= 15 is 0 Å². The number of aromatic amines is 1. The lowest BCUT2D eigenvalue weighted by molar-refractivity contribution is 0.624. The number of pyridine rings is 1. The molecule has 5 heterocycles. The van der Waals surface area contributed by atoms with E-state index in [1.54, 1.807) is 36.3 Å². The Morgan fingerprint density at radius 1 is 1.22 bits per heavy atom. The van der Waals surface area contributed by atoms with Crippen molar-refractivity contribution in [3.05, 3.63) is 77.4 Å². The Hall–Kier alpha value is -4.25. The van der Waals surface area contributed by atoms with Gasteiger partial charge in [0.05, 0.1) is 12.2 Å². The molecule has 0 saturated carbocycles. The van der Waals surface area contributed by atoms with E-state index in [1.807, 2.05) is 23.0 Å². The zero-order chi connectivity index (χ0) is 22.0. The second-order valence-corrected chi connectivity index (χ2v) is 8.10. The highest BCUT2D eigenvalue weighted by Gasteiger charge is 2.25. The lowest BCUT2D eigenvalue weighted by atomic mass is 9.88. The summed E-state index contributed by atoms with van der Waals surface area (Å²) in [5.41, 5.74) is 6.28. The third-order valence-corrected chi connectivity index (χ3v) is 6.30. The third-order valence-electron chi connectivity index (χ3n) is 6.30. The van der Waals surface area contributed by atoms with Gasteiger partial charge in [-0.15, -0.1) is 0 Å². The maximum Gasteiger partial charge on any atom is 0.146 e. The van der Waals surface area contributed by atoms with Crippen molar-refractivity contribution < 1.29 is 4.39 Å². The fourth-order valence-corrected chi connectivity index (χ4v) is 4.75. The van der Waals surface area contributed by atoms with Crippen LogP contribution in [-0.2, 0) is 13.6 Å². The van der Waals surface area contributed by atoms with Crippen LogP contribution < -0.4 is 0 Å². The summed E-state index contributed by atoms with van der Waals surface area (Å²) >= 11 is 0. The van der Waals surface area contributed by atoms with Crippen molar-refractivity contribution in [1.29, 1.82) is 5.26 Å². The first-order chi connectivity index (χ1) is 15.5. The molecule has 6 rings (SSSR count). The molecule has 0 spiro atoms. The van der Waals surface area contributed by atoms with E-state index in [4.69, 9.17) is 0 Å². The molecule has 2 bridgehead atoms. The smallest absolute Gasteiger partial charge is 0.146 e. The van der Waals surface area contributed by atoms with Gasteiger partial charge in [0.15, 0.2) is 0 Å². The highest BCUT2D eigenvalue weighted by atomic mass is 19.1. The van der Waals surface area contributed by atoms with E-state index in [0.717, 1.165) is 50.4 Å². The molecule has 1 N–H and O–H groups in total. The number of H-pyrrole nitrogens is 1. The molecule has 1 unspecified atom stereocenters. The minimum absolute atomic E-state index is 0.111. The highest BCUT2D eigenvalue weighted by molar-refractivity contribution is 5.87. The fraction of sp³-hybridized carbons (Fsp3) is 0.167. The van der Waals surface area contributed by atoms with Crippen molar-refractivity contribution in [2.24, 2.45) is 7.05 Å². The summed E-state index contributed by atoms with van der Waals surface area (Å²) in [4.78, 5) is 12.4. The number of nitrogens with one attached hydrogen (secondary N) is 1. The van der Waals surface area contributed by atoms with Crippen molar-refractivity contribution in [3.8, 4) is 28.6 Å². The van der Waals surface area contributed by atoms with Crippen LogP contribution in [0.5, 0.6) is 0 Å². The maximum absolute atomic E-state index is 14.4. The summed E-state index contributed by atoms with van der Waals surface area (Å²) in [5, 5.41) is 15.4. The lowest BCUT2D eigenvalue weighted by Crippen LogP contribution is -2.07. The van der Waals surface area contributed by atoms with Gasteiger partial charge in [-0.2, -0.15) is 10.4 Å². The van der Waals surface area contributed by atoms with Gasteiger partial charge in [-0.3, -0.25) is 4.68 Å². The number of hydrogen-bond acceptors (Lipinski definition) is 4. The van der Waals surface area contributed by atoms with Crippen LogP contribution in [0, 0.1) is 17.1 Å². The van der Waals surface area contributed by atoms with Crippen LogP contribution >= 0.6 is 0 Å². The second-order valence-electron chi connectivity index (χ2n) is 8.10. The van der Waals surface area contributed by atoms with Crippen molar-refractivity contribution in [2.45, 2.75) is 19.4 Å². The number of aromatic nitrogens is 6. The number of rotatable bonds is 0. The predicted molar refractivity (Wildman–Crippen MR) is 117 cm³/mol. The van der Waals surface area contributed by atoms with Gasteiger partial charge in [0.25, 0.3) is 0 Å². The lowest BCUT2D eigenvalue weighted by Gasteiger charge is -2.18. The first kappa shape index (κ1) is 18.5. The zero-order valence-corrected chi connectivity index (χ0v) is 17.5. The van der Waals surface area contributed by atoms with E-state index in [2.05, 4.69) is 33.0 Å².